The summed E-state index contributed by atoms with van der Waals surface area (Å²) in [6.45, 7) is 2.28. The van der Waals surface area contributed by atoms with Crippen LogP contribution in [0, 0.1) is 0 Å². The van der Waals surface area contributed by atoms with Gasteiger partial charge in [-0.3, -0.25) is 4.57 Å². The van der Waals surface area contributed by atoms with Crippen LogP contribution in [-0.4, -0.2) is 9.79 Å². The van der Waals surface area contributed by atoms with Crippen molar-refractivity contribution in [3.63, 3.8) is 0 Å². The molecule has 2 rings (SSSR count). The Balaban J connectivity index is 1.49. The Hall–Kier alpha value is -1.15. The Kier molecular flexibility index (Phi) is 14.8. The molecule has 0 amide bonds. The van der Waals surface area contributed by atoms with Crippen molar-refractivity contribution in [2.24, 2.45) is 0 Å². The molecular formula is C30H49O3P. The summed E-state index contributed by atoms with van der Waals surface area (Å²) in [5.41, 5.74) is 0.836. The minimum atomic E-state index is -4.25. The summed E-state index contributed by atoms with van der Waals surface area (Å²) in [6, 6.07) is 11.4. The topological polar surface area (TPSA) is 57.5 Å². The van der Waals surface area contributed by atoms with Crippen LogP contribution in [0.4, 0.5) is 0 Å². The molecule has 0 unspecified atom stereocenters. The minimum absolute atomic E-state index is 0.207. The summed E-state index contributed by atoms with van der Waals surface area (Å²) in [4.78, 5) is 19.6. The number of benzene rings is 2. The smallest absolute Gasteiger partial charge is 0.321 e. The van der Waals surface area contributed by atoms with Crippen molar-refractivity contribution >= 4 is 23.7 Å². The van der Waals surface area contributed by atoms with Gasteiger partial charge in [0, 0.05) is 0 Å². The average Bonchev–Trinajstić information content (AvgIpc) is 2.82. The number of hydrogen-bond acceptors (Lipinski definition) is 1. The largest absolute Gasteiger partial charge is 0.356 e. The van der Waals surface area contributed by atoms with Crippen molar-refractivity contribution in [3.05, 3.63) is 42.0 Å². The molecular weight excluding hydrogens is 439 g/mol. The molecule has 0 spiro atoms. The van der Waals surface area contributed by atoms with Crippen molar-refractivity contribution < 1.29 is 14.4 Å². The molecule has 3 nitrogen and oxygen atoms in total. The molecule has 0 saturated heterocycles. The van der Waals surface area contributed by atoms with E-state index in [1.165, 1.54) is 103 Å². The fourth-order valence-corrected chi connectivity index (χ4v) is 5.92. The van der Waals surface area contributed by atoms with Gasteiger partial charge in [-0.1, -0.05) is 146 Å². The van der Waals surface area contributed by atoms with Gasteiger partial charge in [-0.15, -0.1) is 0 Å². The number of aryl methyl sites for hydroxylation is 1. The van der Waals surface area contributed by atoms with E-state index in [1.54, 1.807) is 6.07 Å². The van der Waals surface area contributed by atoms with Gasteiger partial charge in [-0.25, -0.2) is 0 Å². The standard InChI is InChI=1S/C30H49O3P/c1-2-3-4-5-6-7-8-9-10-11-12-13-14-15-16-17-18-19-24-29-28-23-21-20-22-27(28)25-26-30(29)34(31,32)33/h20-23,25-26H,2-19,24H2,1H3,(H2,31,32,33). The normalized spacial score (nSPS) is 12.0. The van der Waals surface area contributed by atoms with E-state index in [0.717, 1.165) is 35.6 Å². The molecule has 0 fully saturated rings. The molecule has 0 aromatic heterocycles. The molecule has 0 saturated carbocycles. The SMILES string of the molecule is CCCCCCCCCCCCCCCCCCCCc1c(P(=O)(O)O)ccc2ccccc12. The van der Waals surface area contributed by atoms with Crippen molar-refractivity contribution in [1.82, 2.24) is 0 Å². The summed E-state index contributed by atoms with van der Waals surface area (Å²) in [5.74, 6) is 0. The molecule has 0 aliphatic heterocycles. The summed E-state index contributed by atoms with van der Waals surface area (Å²) in [7, 11) is -4.25. The number of hydrogen-bond donors (Lipinski definition) is 2. The van der Waals surface area contributed by atoms with E-state index in [0.29, 0.717) is 0 Å². The van der Waals surface area contributed by atoms with Gasteiger partial charge >= 0.3 is 7.60 Å². The Bertz CT molecular complexity index is 842. The second kappa shape index (κ2) is 17.3. The maximum Gasteiger partial charge on any atom is 0.356 e. The zero-order valence-electron chi connectivity index (χ0n) is 21.6. The van der Waals surface area contributed by atoms with E-state index in [-0.39, 0.29) is 5.30 Å². The number of fused-ring (bicyclic) bond motifs is 1. The summed E-state index contributed by atoms with van der Waals surface area (Å²) in [6.07, 6.45) is 24.9. The van der Waals surface area contributed by atoms with Gasteiger partial charge in [0.2, 0.25) is 0 Å². The molecule has 0 atom stereocenters. The zero-order chi connectivity index (χ0) is 24.5. The van der Waals surface area contributed by atoms with Crippen molar-refractivity contribution in [3.8, 4) is 0 Å². The highest BCUT2D eigenvalue weighted by Gasteiger charge is 2.22. The minimum Gasteiger partial charge on any atom is -0.321 e. The lowest BCUT2D eigenvalue weighted by molar-refractivity contribution is 0.387. The highest BCUT2D eigenvalue weighted by Crippen LogP contribution is 2.37. The molecule has 0 heterocycles. The average molecular weight is 489 g/mol. The van der Waals surface area contributed by atoms with Crippen LogP contribution >= 0.6 is 7.60 Å². The van der Waals surface area contributed by atoms with Gasteiger partial charge < -0.3 is 9.79 Å². The van der Waals surface area contributed by atoms with E-state index < -0.39 is 7.60 Å². The Morgan fingerprint density at radius 3 is 1.50 bits per heavy atom. The van der Waals surface area contributed by atoms with Crippen molar-refractivity contribution in [2.45, 2.75) is 129 Å². The van der Waals surface area contributed by atoms with Gasteiger partial charge in [0.1, 0.15) is 0 Å². The third kappa shape index (κ3) is 11.5. The molecule has 192 valence electrons. The molecule has 0 bridgehead atoms. The van der Waals surface area contributed by atoms with Crippen molar-refractivity contribution in [2.75, 3.05) is 0 Å². The van der Waals surface area contributed by atoms with Gasteiger partial charge in [0.15, 0.2) is 0 Å². The van der Waals surface area contributed by atoms with Gasteiger partial charge in [0.25, 0.3) is 0 Å². The van der Waals surface area contributed by atoms with Crippen LogP contribution in [-0.2, 0) is 11.0 Å². The highest BCUT2D eigenvalue weighted by molar-refractivity contribution is 7.60. The van der Waals surface area contributed by atoms with Gasteiger partial charge in [0.05, 0.1) is 5.30 Å². The predicted octanol–water partition coefficient (Wildman–Crippen LogP) is 9.23. The first-order valence-electron chi connectivity index (χ1n) is 14.1. The van der Waals surface area contributed by atoms with Gasteiger partial charge in [-0.05, 0) is 35.2 Å². The maximum atomic E-state index is 12.0. The molecule has 2 N–H and O–H groups in total. The quantitative estimate of drug-likeness (QED) is 0.144. The monoisotopic (exact) mass is 488 g/mol. The predicted molar refractivity (Wildman–Crippen MR) is 148 cm³/mol. The van der Waals surface area contributed by atoms with Crippen LogP contribution in [0.25, 0.3) is 10.8 Å². The lowest BCUT2D eigenvalue weighted by Crippen LogP contribution is -2.11. The lowest BCUT2D eigenvalue weighted by Gasteiger charge is -2.14. The molecule has 2 aromatic carbocycles. The fraction of sp³-hybridized carbons (Fsp3) is 0.667. The first-order valence-corrected chi connectivity index (χ1v) is 15.7. The van der Waals surface area contributed by atoms with E-state index in [4.69, 9.17) is 0 Å². The van der Waals surface area contributed by atoms with E-state index in [1.807, 2.05) is 30.3 Å². The second-order valence-electron chi connectivity index (χ2n) is 10.1. The summed E-state index contributed by atoms with van der Waals surface area (Å²) in [5, 5.41) is 2.24. The molecule has 2 aromatic rings. The molecule has 0 radical (unpaired) electrons. The van der Waals surface area contributed by atoms with Crippen LogP contribution in [0.3, 0.4) is 0 Å². The Morgan fingerprint density at radius 1 is 0.588 bits per heavy atom. The molecule has 34 heavy (non-hydrogen) atoms. The van der Waals surface area contributed by atoms with E-state index in [2.05, 4.69) is 6.92 Å². The van der Waals surface area contributed by atoms with E-state index >= 15 is 0 Å². The highest BCUT2D eigenvalue weighted by atomic mass is 31.2. The van der Waals surface area contributed by atoms with Crippen LogP contribution in [0.1, 0.15) is 128 Å². The molecule has 0 aliphatic rings. The van der Waals surface area contributed by atoms with Crippen molar-refractivity contribution in [1.29, 1.82) is 0 Å². The van der Waals surface area contributed by atoms with Crippen LogP contribution < -0.4 is 5.30 Å². The lowest BCUT2D eigenvalue weighted by atomic mass is 9.98. The first kappa shape index (κ1) is 29.1. The van der Waals surface area contributed by atoms with Crippen LogP contribution in [0.2, 0.25) is 0 Å². The summed E-state index contributed by atoms with van der Waals surface area (Å²) >= 11 is 0. The number of unbranched alkanes of at least 4 members (excludes halogenated alkanes) is 17. The van der Waals surface area contributed by atoms with Crippen LogP contribution in [0.15, 0.2) is 36.4 Å². The van der Waals surface area contributed by atoms with Gasteiger partial charge in [-0.2, -0.15) is 0 Å². The maximum absolute atomic E-state index is 12.0. The second-order valence-corrected chi connectivity index (χ2v) is 11.7. The number of rotatable bonds is 20. The third-order valence-corrected chi connectivity index (χ3v) is 8.16. The molecule has 0 aliphatic carbocycles. The summed E-state index contributed by atoms with van der Waals surface area (Å²) < 4.78 is 12.0. The fourth-order valence-electron chi connectivity index (χ4n) is 5.06. The Labute approximate surface area is 208 Å². The first-order chi connectivity index (χ1) is 16.5. The van der Waals surface area contributed by atoms with E-state index in [9.17, 15) is 14.4 Å². The Morgan fingerprint density at radius 2 is 1.03 bits per heavy atom. The molecule has 4 heteroatoms. The van der Waals surface area contributed by atoms with Crippen LogP contribution in [0.5, 0.6) is 0 Å². The third-order valence-electron chi connectivity index (χ3n) is 7.11. The zero-order valence-corrected chi connectivity index (χ0v) is 22.5.